The summed E-state index contributed by atoms with van der Waals surface area (Å²) in [6.45, 7) is 7.63. The van der Waals surface area contributed by atoms with Gasteiger partial charge in [0.05, 0.1) is 36.0 Å². The molecule has 0 fully saturated rings. The lowest BCUT2D eigenvalue weighted by atomic mass is 10.0. The fourth-order valence-electron chi connectivity index (χ4n) is 5.71. The van der Waals surface area contributed by atoms with Gasteiger partial charge in [0, 0.05) is 43.5 Å². The maximum atomic E-state index is 14.3. The Hall–Kier alpha value is -4.45. The van der Waals surface area contributed by atoms with Crippen molar-refractivity contribution in [1.82, 2.24) is 9.80 Å². The Kier molecular flexibility index (Phi) is 13.4. The first-order valence-electron chi connectivity index (χ1n) is 16.5. The van der Waals surface area contributed by atoms with Crippen LogP contribution in [0.25, 0.3) is 0 Å². The van der Waals surface area contributed by atoms with Crippen molar-refractivity contribution in [2.45, 2.75) is 64.8 Å². The first-order chi connectivity index (χ1) is 23.0. The average Bonchev–Trinajstić information content (AvgIpc) is 3.06. The van der Waals surface area contributed by atoms with Gasteiger partial charge in [-0.3, -0.25) is 9.69 Å². The molecule has 0 spiro atoms. The molecule has 0 saturated heterocycles. The molecule has 11 heteroatoms. The van der Waals surface area contributed by atoms with E-state index in [9.17, 15) is 24.6 Å². The Morgan fingerprint density at radius 1 is 1.00 bits per heavy atom. The number of nitrogens with one attached hydrogen (secondary N) is 2. The van der Waals surface area contributed by atoms with E-state index in [-0.39, 0.29) is 36.2 Å². The number of hydrogen-bond donors (Lipinski definition) is 4. The van der Waals surface area contributed by atoms with Crippen LogP contribution < -0.4 is 15.4 Å². The summed E-state index contributed by atoms with van der Waals surface area (Å²) in [5.74, 6) is -0.968. The lowest BCUT2D eigenvalue weighted by Crippen LogP contribution is -2.47. The van der Waals surface area contributed by atoms with Crippen LogP contribution in [0.15, 0.2) is 72.8 Å². The molecule has 0 bridgehead atoms. The third-order valence-electron chi connectivity index (χ3n) is 8.49. The first-order valence-corrected chi connectivity index (χ1v) is 16.5. The fourth-order valence-corrected chi connectivity index (χ4v) is 5.71. The number of nitrogens with zero attached hydrogens (tertiary/aromatic N) is 2. The molecule has 48 heavy (non-hydrogen) atoms. The van der Waals surface area contributed by atoms with Gasteiger partial charge in [-0.15, -0.1) is 0 Å². The predicted octanol–water partition coefficient (Wildman–Crippen LogP) is 5.96. The molecule has 0 aromatic heterocycles. The number of para-hydroxylation sites is 1. The largest absolute Gasteiger partial charge is 0.490 e. The van der Waals surface area contributed by atoms with Crippen LogP contribution in [-0.4, -0.2) is 89.5 Å². The smallest absolute Gasteiger partial charge is 0.335 e. The number of carboxylic acids is 1. The second-order valence-electron chi connectivity index (χ2n) is 12.7. The zero-order valence-electron chi connectivity index (χ0n) is 28.2. The summed E-state index contributed by atoms with van der Waals surface area (Å²) in [5, 5.41) is 25.1. The van der Waals surface area contributed by atoms with Crippen molar-refractivity contribution in [1.29, 1.82) is 0 Å². The van der Waals surface area contributed by atoms with Gasteiger partial charge in [-0.25, -0.2) is 9.59 Å². The van der Waals surface area contributed by atoms with Gasteiger partial charge < -0.3 is 35.2 Å². The quantitative estimate of drug-likeness (QED) is 0.221. The number of benzene rings is 3. The maximum Gasteiger partial charge on any atom is 0.335 e. The van der Waals surface area contributed by atoms with E-state index in [0.717, 1.165) is 24.8 Å². The molecule has 3 amide bonds. The number of aromatic carboxylic acids is 1. The van der Waals surface area contributed by atoms with Crippen LogP contribution in [0.5, 0.6) is 5.75 Å². The number of ether oxygens (including phenoxy) is 2. The number of anilines is 2. The van der Waals surface area contributed by atoms with Crippen molar-refractivity contribution in [3.63, 3.8) is 0 Å². The van der Waals surface area contributed by atoms with Gasteiger partial charge in [-0.1, -0.05) is 37.3 Å². The molecule has 3 aromatic rings. The fraction of sp³-hybridized carbons (Fsp3) is 0.432. The highest BCUT2D eigenvalue weighted by molar-refractivity contribution is 6.02. The summed E-state index contributed by atoms with van der Waals surface area (Å²) >= 11 is 0. The predicted molar refractivity (Wildman–Crippen MR) is 186 cm³/mol. The highest BCUT2D eigenvalue weighted by Gasteiger charge is 2.30. The number of urea groups is 1. The molecule has 1 aliphatic rings. The number of carboxylic acid groups (broad SMARTS) is 1. The standard InChI is InChI=1S/C37H48N4O7/c1-25-21-41(26(2)24-42)35(43)32-20-31(39-37(46)38-30-11-6-5-7-12-30)17-18-33(32)48-27(3)10-8-9-19-47-34(25)23-40(4)22-28-13-15-29(16-14-28)36(44)45/h5-7,11-18,20,25-27,34,42H,8-10,19,21-24H2,1-4H3,(H,44,45)(H2,38,39,46)/t25-,26-,27-,34+/m1/s1. The van der Waals surface area contributed by atoms with Crippen LogP contribution in [-0.2, 0) is 11.3 Å². The molecule has 0 unspecified atom stereocenters. The topological polar surface area (TPSA) is 141 Å². The Labute approximate surface area is 282 Å². The minimum Gasteiger partial charge on any atom is -0.490 e. The maximum absolute atomic E-state index is 14.3. The number of fused-ring (bicyclic) bond motifs is 1. The molecular weight excluding hydrogens is 612 g/mol. The van der Waals surface area contributed by atoms with Crippen molar-refractivity contribution in [3.8, 4) is 5.75 Å². The van der Waals surface area contributed by atoms with E-state index in [4.69, 9.17) is 9.47 Å². The number of carbonyl (C=O) groups is 3. The summed E-state index contributed by atoms with van der Waals surface area (Å²) in [5.41, 5.74) is 2.58. The van der Waals surface area contributed by atoms with Gasteiger partial charge in [-0.05, 0) is 88.2 Å². The highest BCUT2D eigenvalue weighted by atomic mass is 16.5. The molecular formula is C37H48N4O7. The summed E-state index contributed by atoms with van der Waals surface area (Å²) in [4.78, 5) is 42.2. The molecule has 258 valence electrons. The average molecular weight is 661 g/mol. The monoisotopic (exact) mass is 660 g/mol. The van der Waals surface area contributed by atoms with Gasteiger partial charge >= 0.3 is 12.0 Å². The Morgan fingerprint density at radius 2 is 1.71 bits per heavy atom. The summed E-state index contributed by atoms with van der Waals surface area (Å²) < 4.78 is 12.7. The second kappa shape index (κ2) is 17.6. The normalized spacial score (nSPS) is 19.8. The van der Waals surface area contributed by atoms with Crippen molar-refractivity contribution >= 4 is 29.3 Å². The molecule has 0 radical (unpaired) electrons. The van der Waals surface area contributed by atoms with E-state index in [0.29, 0.717) is 48.9 Å². The number of carbonyl (C=O) groups excluding carboxylic acids is 2. The molecule has 1 heterocycles. The minimum atomic E-state index is -0.960. The van der Waals surface area contributed by atoms with E-state index >= 15 is 0 Å². The van der Waals surface area contributed by atoms with E-state index in [2.05, 4.69) is 15.5 Å². The SMILES string of the molecule is C[C@@H]1CCCCO[C@@H](CN(C)Cc2ccc(C(=O)O)cc2)[C@H](C)CN([C@H](C)CO)C(=O)c2cc(NC(=O)Nc3ccccc3)ccc2O1. The van der Waals surface area contributed by atoms with Crippen LogP contribution in [0.1, 0.15) is 66.3 Å². The van der Waals surface area contributed by atoms with E-state index in [1.54, 1.807) is 54.3 Å². The Bertz CT molecular complexity index is 1500. The molecule has 4 rings (SSSR count). The molecule has 4 N–H and O–H groups in total. The lowest BCUT2D eigenvalue weighted by Gasteiger charge is -2.36. The second-order valence-corrected chi connectivity index (χ2v) is 12.7. The number of hydrogen-bond acceptors (Lipinski definition) is 7. The zero-order chi connectivity index (χ0) is 34.6. The highest BCUT2D eigenvalue weighted by Crippen LogP contribution is 2.29. The molecule has 11 nitrogen and oxygen atoms in total. The van der Waals surface area contributed by atoms with Gasteiger partial charge in [0.1, 0.15) is 5.75 Å². The van der Waals surface area contributed by atoms with Gasteiger partial charge in [-0.2, -0.15) is 0 Å². The molecule has 0 aliphatic carbocycles. The van der Waals surface area contributed by atoms with Crippen molar-refractivity contribution in [2.24, 2.45) is 5.92 Å². The Balaban J connectivity index is 1.57. The molecule has 0 saturated carbocycles. The number of aliphatic hydroxyl groups excluding tert-OH is 1. The third kappa shape index (κ3) is 10.5. The first kappa shape index (κ1) is 36.4. The van der Waals surface area contributed by atoms with Crippen LogP contribution >= 0.6 is 0 Å². The minimum absolute atomic E-state index is 0.107. The third-order valence-corrected chi connectivity index (χ3v) is 8.49. The van der Waals surface area contributed by atoms with E-state index < -0.39 is 18.0 Å². The van der Waals surface area contributed by atoms with E-state index in [1.165, 1.54) is 0 Å². The number of aliphatic hydroxyl groups is 1. The van der Waals surface area contributed by atoms with Gasteiger partial charge in [0.25, 0.3) is 5.91 Å². The zero-order valence-corrected chi connectivity index (χ0v) is 28.2. The van der Waals surface area contributed by atoms with E-state index in [1.807, 2.05) is 51.2 Å². The Morgan fingerprint density at radius 3 is 2.40 bits per heavy atom. The van der Waals surface area contributed by atoms with Crippen molar-refractivity contribution < 1.29 is 34.1 Å². The van der Waals surface area contributed by atoms with Crippen LogP contribution in [0.2, 0.25) is 0 Å². The summed E-state index contributed by atoms with van der Waals surface area (Å²) in [6.07, 6.45) is 2.10. The molecule has 3 aromatic carbocycles. The van der Waals surface area contributed by atoms with Crippen molar-refractivity contribution in [2.75, 3.05) is 44.0 Å². The molecule has 1 aliphatic heterocycles. The van der Waals surface area contributed by atoms with Crippen LogP contribution in [0.3, 0.4) is 0 Å². The molecule has 4 atom stereocenters. The number of rotatable bonds is 9. The van der Waals surface area contributed by atoms with Gasteiger partial charge in [0.15, 0.2) is 0 Å². The summed E-state index contributed by atoms with van der Waals surface area (Å²) in [7, 11) is 1.99. The van der Waals surface area contributed by atoms with Crippen molar-refractivity contribution in [3.05, 3.63) is 89.5 Å². The van der Waals surface area contributed by atoms with Crippen LogP contribution in [0, 0.1) is 5.92 Å². The van der Waals surface area contributed by atoms with Gasteiger partial charge in [0.2, 0.25) is 0 Å². The van der Waals surface area contributed by atoms with Crippen LogP contribution in [0.4, 0.5) is 16.2 Å². The summed E-state index contributed by atoms with van der Waals surface area (Å²) in [6, 6.07) is 20.0. The number of likely N-dealkylation sites (N-methyl/N-ethyl adjacent to an activating group) is 1. The lowest BCUT2D eigenvalue weighted by molar-refractivity contribution is -0.0177. The number of amides is 3.